The fourth-order valence-corrected chi connectivity index (χ4v) is 2.70. The van der Waals surface area contributed by atoms with Crippen molar-refractivity contribution in [1.29, 1.82) is 0 Å². The monoisotopic (exact) mass is 302 g/mol. The van der Waals surface area contributed by atoms with Crippen molar-refractivity contribution >= 4 is 41.1 Å². The molecule has 2 aromatic rings. The molecular weight excluding hydrogens is 292 g/mol. The number of furan rings is 1. The highest BCUT2D eigenvalue weighted by atomic mass is 32.2. The molecule has 1 fully saturated rings. The number of amides is 1. The number of carbonyl (C=O) groups excluding carboxylic acids is 1. The minimum atomic E-state index is -0.247. The molecule has 0 unspecified atom stereocenters. The van der Waals surface area contributed by atoms with Crippen molar-refractivity contribution in [3.05, 3.63) is 53.9 Å². The largest absolute Gasteiger partial charge is 0.450 e. The second-order valence-electron chi connectivity index (χ2n) is 4.04. The predicted octanol–water partition coefficient (Wildman–Crippen LogP) is 2.78. The summed E-state index contributed by atoms with van der Waals surface area (Å²) in [6, 6.07) is 13.6. The highest BCUT2D eigenvalue weighted by molar-refractivity contribution is 7.99. The lowest BCUT2D eigenvalue weighted by atomic mass is 10.3. The van der Waals surface area contributed by atoms with Crippen LogP contribution in [0.4, 0.5) is 0 Å². The third kappa shape index (κ3) is 2.92. The van der Waals surface area contributed by atoms with Gasteiger partial charge in [0.05, 0.1) is 0 Å². The molecule has 0 atom stereocenters. The summed E-state index contributed by atoms with van der Waals surface area (Å²) in [6.07, 6.45) is 1.63. The number of carbonyl (C=O) groups is 1. The molecule has 20 heavy (non-hydrogen) atoms. The topological polar surface area (TPSA) is 54.3 Å². The van der Waals surface area contributed by atoms with Gasteiger partial charge in [0.1, 0.15) is 11.5 Å². The van der Waals surface area contributed by atoms with Gasteiger partial charge < -0.3 is 9.73 Å². The molecule has 0 spiro atoms. The predicted molar refractivity (Wildman–Crippen MR) is 81.1 cm³/mol. The molecule has 1 aliphatic rings. The average molecular weight is 302 g/mol. The summed E-state index contributed by atoms with van der Waals surface area (Å²) in [5.41, 5.74) is 0.389. The summed E-state index contributed by atoms with van der Waals surface area (Å²) < 4.78 is 5.66. The van der Waals surface area contributed by atoms with Crippen molar-refractivity contribution in [1.82, 2.24) is 10.6 Å². The Morgan fingerprint density at radius 3 is 2.60 bits per heavy atom. The van der Waals surface area contributed by atoms with Crippen molar-refractivity contribution in [2.45, 2.75) is 9.99 Å². The van der Waals surface area contributed by atoms with Crippen LogP contribution in [0.15, 0.2) is 62.6 Å². The second kappa shape index (κ2) is 5.52. The molecule has 1 amide bonds. The van der Waals surface area contributed by atoms with Crippen molar-refractivity contribution in [3.63, 3.8) is 0 Å². The van der Waals surface area contributed by atoms with Crippen LogP contribution in [-0.2, 0) is 4.79 Å². The van der Waals surface area contributed by atoms with E-state index in [4.69, 9.17) is 16.6 Å². The maximum absolute atomic E-state index is 11.5. The molecule has 0 saturated carbocycles. The molecule has 0 bridgehead atoms. The van der Waals surface area contributed by atoms with Crippen LogP contribution in [0.3, 0.4) is 0 Å². The van der Waals surface area contributed by atoms with Crippen LogP contribution < -0.4 is 10.6 Å². The van der Waals surface area contributed by atoms with E-state index in [9.17, 15) is 4.79 Å². The van der Waals surface area contributed by atoms with Gasteiger partial charge in [-0.1, -0.05) is 30.0 Å². The van der Waals surface area contributed by atoms with Crippen LogP contribution in [0.5, 0.6) is 0 Å². The normalized spacial score (nSPS) is 16.3. The molecule has 1 saturated heterocycles. The van der Waals surface area contributed by atoms with Gasteiger partial charge in [-0.2, -0.15) is 0 Å². The summed E-state index contributed by atoms with van der Waals surface area (Å²) in [4.78, 5) is 12.6. The van der Waals surface area contributed by atoms with Crippen LogP contribution in [0.2, 0.25) is 0 Å². The average Bonchev–Trinajstić information content (AvgIpc) is 2.98. The lowest BCUT2D eigenvalue weighted by molar-refractivity contribution is -0.115. The number of benzene rings is 1. The van der Waals surface area contributed by atoms with Crippen molar-refractivity contribution in [2.75, 3.05) is 0 Å². The zero-order chi connectivity index (χ0) is 13.9. The van der Waals surface area contributed by atoms with E-state index in [1.54, 1.807) is 6.08 Å². The quantitative estimate of drug-likeness (QED) is 0.674. The first-order valence-corrected chi connectivity index (χ1v) is 7.10. The van der Waals surface area contributed by atoms with Gasteiger partial charge in [0.15, 0.2) is 10.2 Å². The summed E-state index contributed by atoms with van der Waals surface area (Å²) >= 11 is 6.39. The number of nitrogens with one attached hydrogen (secondary N) is 2. The minimum Gasteiger partial charge on any atom is -0.450 e. The Labute approximate surface area is 125 Å². The molecule has 2 heterocycles. The fraction of sp³-hybridized carbons (Fsp3) is 0. The van der Waals surface area contributed by atoms with Crippen LogP contribution in [0.25, 0.3) is 6.08 Å². The molecule has 0 radical (unpaired) electrons. The Kier molecular flexibility index (Phi) is 3.58. The first kappa shape index (κ1) is 13.0. The van der Waals surface area contributed by atoms with E-state index in [0.29, 0.717) is 16.6 Å². The van der Waals surface area contributed by atoms with Crippen LogP contribution in [0, 0.1) is 0 Å². The minimum absolute atomic E-state index is 0.247. The second-order valence-corrected chi connectivity index (χ2v) is 5.52. The number of thiocarbonyl (C=S) groups is 1. The Balaban J connectivity index is 1.76. The van der Waals surface area contributed by atoms with Gasteiger partial charge in [-0.05, 0) is 36.5 Å². The lowest BCUT2D eigenvalue weighted by Crippen LogP contribution is -2.21. The molecule has 3 rings (SSSR count). The maximum atomic E-state index is 11.5. The SMILES string of the molecule is O=C1NC(=S)N/C1=C\c1ccc(Sc2ccccc2)o1. The molecule has 1 aliphatic heterocycles. The van der Waals surface area contributed by atoms with Crippen LogP contribution in [-0.4, -0.2) is 11.0 Å². The Morgan fingerprint density at radius 1 is 1.10 bits per heavy atom. The zero-order valence-electron chi connectivity index (χ0n) is 10.3. The van der Waals surface area contributed by atoms with E-state index in [2.05, 4.69) is 10.6 Å². The highest BCUT2D eigenvalue weighted by Crippen LogP contribution is 2.29. The Bertz CT molecular complexity index is 692. The third-order valence-corrected chi connectivity index (χ3v) is 3.70. The van der Waals surface area contributed by atoms with Gasteiger partial charge in [0.2, 0.25) is 0 Å². The summed E-state index contributed by atoms with van der Waals surface area (Å²) in [7, 11) is 0. The fourth-order valence-electron chi connectivity index (χ4n) is 1.70. The van der Waals surface area contributed by atoms with E-state index in [0.717, 1.165) is 9.99 Å². The van der Waals surface area contributed by atoms with Crippen molar-refractivity contribution < 1.29 is 9.21 Å². The molecule has 0 aliphatic carbocycles. The third-order valence-electron chi connectivity index (χ3n) is 2.57. The van der Waals surface area contributed by atoms with E-state index >= 15 is 0 Å². The van der Waals surface area contributed by atoms with Gasteiger partial charge in [-0.25, -0.2) is 0 Å². The lowest BCUT2D eigenvalue weighted by Gasteiger charge is -1.96. The Hall–Kier alpha value is -2.05. The molecular formula is C14H10N2O2S2. The van der Waals surface area contributed by atoms with Gasteiger partial charge in [-0.3, -0.25) is 10.1 Å². The molecule has 6 heteroatoms. The van der Waals surface area contributed by atoms with E-state index in [-0.39, 0.29) is 5.91 Å². The first-order valence-electron chi connectivity index (χ1n) is 5.87. The summed E-state index contributed by atoms with van der Waals surface area (Å²) in [5.74, 6) is 0.356. The Morgan fingerprint density at radius 2 is 1.90 bits per heavy atom. The van der Waals surface area contributed by atoms with E-state index < -0.39 is 0 Å². The van der Waals surface area contributed by atoms with Gasteiger partial charge in [0.25, 0.3) is 5.91 Å². The van der Waals surface area contributed by atoms with Gasteiger partial charge in [-0.15, -0.1) is 0 Å². The number of rotatable bonds is 3. The number of hydrogen-bond donors (Lipinski definition) is 2. The van der Waals surface area contributed by atoms with Crippen LogP contribution in [0.1, 0.15) is 5.76 Å². The molecule has 100 valence electrons. The summed E-state index contributed by atoms with van der Waals surface area (Å²) in [5, 5.41) is 6.36. The van der Waals surface area contributed by atoms with E-state index in [1.807, 2.05) is 42.5 Å². The van der Waals surface area contributed by atoms with E-state index in [1.165, 1.54) is 11.8 Å². The maximum Gasteiger partial charge on any atom is 0.274 e. The smallest absolute Gasteiger partial charge is 0.274 e. The van der Waals surface area contributed by atoms with Crippen molar-refractivity contribution in [3.8, 4) is 0 Å². The molecule has 2 N–H and O–H groups in total. The van der Waals surface area contributed by atoms with Gasteiger partial charge in [0, 0.05) is 11.0 Å². The zero-order valence-corrected chi connectivity index (χ0v) is 11.9. The molecule has 4 nitrogen and oxygen atoms in total. The summed E-state index contributed by atoms with van der Waals surface area (Å²) in [6.45, 7) is 0. The van der Waals surface area contributed by atoms with Gasteiger partial charge >= 0.3 is 0 Å². The standard InChI is InChI=1S/C14H10N2O2S2/c17-13-11(15-14(19)16-13)8-9-6-7-12(18-9)20-10-4-2-1-3-5-10/h1-8H,(H2,15,16,17,19)/b11-8-. The molecule has 1 aromatic heterocycles. The van der Waals surface area contributed by atoms with Crippen LogP contribution >= 0.6 is 24.0 Å². The first-order chi connectivity index (χ1) is 9.70. The molecule has 1 aromatic carbocycles. The van der Waals surface area contributed by atoms with Crippen molar-refractivity contribution in [2.24, 2.45) is 0 Å². The number of hydrogen-bond acceptors (Lipinski definition) is 4. The highest BCUT2D eigenvalue weighted by Gasteiger charge is 2.20.